The largest absolute Gasteiger partial charge is 0.459 e. The zero-order valence-corrected chi connectivity index (χ0v) is 10.4. The van der Waals surface area contributed by atoms with Crippen LogP contribution < -0.4 is 5.32 Å². The molecule has 0 saturated heterocycles. The van der Waals surface area contributed by atoms with Crippen molar-refractivity contribution in [2.75, 3.05) is 19.0 Å². The van der Waals surface area contributed by atoms with Crippen molar-refractivity contribution < 1.29 is 9.53 Å². The highest BCUT2D eigenvalue weighted by atomic mass is 35.5. The second kappa shape index (κ2) is 7.59. The second-order valence-electron chi connectivity index (χ2n) is 3.30. The molecule has 0 heterocycles. The monoisotopic (exact) mass is 251 g/mol. The molecule has 0 spiro atoms. The summed E-state index contributed by atoms with van der Waals surface area (Å²) in [4.78, 5) is 10.7. The number of carbonyl (C=O) groups is 1. The van der Waals surface area contributed by atoms with E-state index in [-0.39, 0.29) is 0 Å². The number of esters is 1. The lowest BCUT2D eigenvalue weighted by atomic mass is 10.3. The molecule has 1 N–H and O–H groups in total. The zero-order valence-electron chi connectivity index (χ0n) is 9.63. The number of halogens is 1. The number of benzene rings is 1. The third-order valence-corrected chi connectivity index (χ3v) is 2.37. The van der Waals surface area contributed by atoms with Crippen LogP contribution in [0.3, 0.4) is 0 Å². The number of rotatable bonds is 4. The first kappa shape index (κ1) is 13.4. The van der Waals surface area contributed by atoms with Gasteiger partial charge in [-0.05, 0) is 18.6 Å². The highest BCUT2D eigenvalue weighted by molar-refractivity contribution is 6.33. The van der Waals surface area contributed by atoms with E-state index in [4.69, 9.17) is 11.6 Å². The molecule has 1 aromatic rings. The fourth-order valence-electron chi connectivity index (χ4n) is 1.19. The Balaban J connectivity index is 2.22. The third-order valence-electron chi connectivity index (χ3n) is 2.04. The van der Waals surface area contributed by atoms with Crippen molar-refractivity contribution in [3.63, 3.8) is 0 Å². The van der Waals surface area contributed by atoms with E-state index in [9.17, 15) is 4.79 Å². The van der Waals surface area contributed by atoms with Gasteiger partial charge in [0.1, 0.15) is 0 Å². The lowest BCUT2D eigenvalue weighted by molar-refractivity contribution is -0.133. The molecule has 0 bridgehead atoms. The van der Waals surface area contributed by atoms with Crippen LogP contribution in [-0.4, -0.2) is 19.6 Å². The molecular formula is C13H14ClNO2. The Bertz CT molecular complexity index is 435. The minimum Gasteiger partial charge on any atom is -0.459 e. The smallest absolute Gasteiger partial charge is 0.384 e. The highest BCUT2D eigenvalue weighted by Gasteiger charge is 1.96. The Kier molecular flexibility index (Phi) is 5.98. The predicted octanol–water partition coefficient (Wildman–Crippen LogP) is 2.71. The average Bonchev–Trinajstić information content (AvgIpc) is 2.35. The van der Waals surface area contributed by atoms with Gasteiger partial charge < -0.3 is 10.1 Å². The number of carbonyl (C=O) groups excluding carboxylic acids is 1. The summed E-state index contributed by atoms with van der Waals surface area (Å²) in [5.41, 5.74) is 0.912. The van der Waals surface area contributed by atoms with Crippen LogP contribution in [0.15, 0.2) is 24.3 Å². The number of para-hydroxylation sites is 1. The first-order valence-electron chi connectivity index (χ1n) is 5.29. The number of methoxy groups -OCH3 is 1. The highest BCUT2D eigenvalue weighted by Crippen LogP contribution is 2.20. The Labute approximate surface area is 106 Å². The van der Waals surface area contributed by atoms with E-state index in [1.165, 1.54) is 7.11 Å². The van der Waals surface area contributed by atoms with Gasteiger partial charge in [0.05, 0.1) is 17.8 Å². The normalized spacial score (nSPS) is 9.06. The van der Waals surface area contributed by atoms with E-state index in [1.54, 1.807) is 0 Å². The molecule has 1 rings (SSSR count). The summed E-state index contributed by atoms with van der Waals surface area (Å²) in [6, 6.07) is 7.56. The zero-order chi connectivity index (χ0) is 12.5. The molecule has 1 aromatic carbocycles. The van der Waals surface area contributed by atoms with Gasteiger partial charge in [0, 0.05) is 18.9 Å². The number of nitrogens with one attached hydrogen (secondary N) is 1. The maximum Gasteiger partial charge on any atom is 0.384 e. The standard InChI is InChI=1S/C13H14ClNO2/c1-17-13(16)9-3-2-6-10-15-12-8-5-4-7-11(12)14/h4-5,7-8,15H,2,6,10H2,1H3. The van der Waals surface area contributed by atoms with Crippen LogP contribution in [0.25, 0.3) is 0 Å². The fraction of sp³-hybridized carbons (Fsp3) is 0.308. The Morgan fingerprint density at radius 3 is 2.94 bits per heavy atom. The maximum absolute atomic E-state index is 10.7. The van der Waals surface area contributed by atoms with Gasteiger partial charge in [-0.1, -0.05) is 29.7 Å². The van der Waals surface area contributed by atoms with Gasteiger partial charge >= 0.3 is 5.97 Å². The van der Waals surface area contributed by atoms with E-state index in [1.807, 2.05) is 24.3 Å². The number of ether oxygens (including phenoxy) is 1. The van der Waals surface area contributed by atoms with E-state index >= 15 is 0 Å². The van der Waals surface area contributed by atoms with Gasteiger partial charge in [-0.15, -0.1) is 0 Å². The lowest BCUT2D eigenvalue weighted by Crippen LogP contribution is -2.01. The van der Waals surface area contributed by atoms with Crippen LogP contribution in [0.2, 0.25) is 5.02 Å². The molecule has 0 atom stereocenters. The number of hydrogen-bond acceptors (Lipinski definition) is 3. The van der Waals surface area contributed by atoms with Gasteiger partial charge in [-0.25, -0.2) is 4.79 Å². The summed E-state index contributed by atoms with van der Waals surface area (Å²) in [7, 11) is 1.32. The first-order chi connectivity index (χ1) is 8.24. The Morgan fingerprint density at radius 2 is 2.24 bits per heavy atom. The molecule has 0 fully saturated rings. The summed E-state index contributed by atoms with van der Waals surface area (Å²) >= 11 is 5.97. The molecule has 90 valence electrons. The number of anilines is 1. The van der Waals surface area contributed by atoms with Gasteiger partial charge in [0.2, 0.25) is 0 Å². The first-order valence-corrected chi connectivity index (χ1v) is 5.67. The van der Waals surface area contributed by atoms with E-state index in [2.05, 4.69) is 21.9 Å². The van der Waals surface area contributed by atoms with Crippen molar-refractivity contribution in [2.45, 2.75) is 12.8 Å². The molecular weight excluding hydrogens is 238 g/mol. The maximum atomic E-state index is 10.7. The van der Waals surface area contributed by atoms with Gasteiger partial charge in [-0.2, -0.15) is 0 Å². The molecule has 0 aromatic heterocycles. The fourth-order valence-corrected chi connectivity index (χ4v) is 1.39. The molecule has 0 aliphatic carbocycles. The predicted molar refractivity (Wildman–Crippen MR) is 69.0 cm³/mol. The minimum absolute atomic E-state index is 0.496. The van der Waals surface area contributed by atoms with Crippen LogP contribution in [0.1, 0.15) is 12.8 Å². The minimum atomic E-state index is -0.496. The van der Waals surface area contributed by atoms with Crippen molar-refractivity contribution in [2.24, 2.45) is 0 Å². The topological polar surface area (TPSA) is 38.3 Å². The molecule has 4 heteroatoms. The molecule has 3 nitrogen and oxygen atoms in total. The average molecular weight is 252 g/mol. The van der Waals surface area contributed by atoms with Crippen LogP contribution in [-0.2, 0) is 9.53 Å². The van der Waals surface area contributed by atoms with Gasteiger partial charge in [0.15, 0.2) is 0 Å². The molecule has 0 aliphatic rings. The van der Waals surface area contributed by atoms with E-state index in [0.717, 1.165) is 18.7 Å². The molecule has 0 amide bonds. The van der Waals surface area contributed by atoms with Crippen molar-refractivity contribution in [3.8, 4) is 11.8 Å². The molecule has 0 unspecified atom stereocenters. The quantitative estimate of drug-likeness (QED) is 0.387. The molecule has 17 heavy (non-hydrogen) atoms. The summed E-state index contributed by atoms with van der Waals surface area (Å²) in [5, 5.41) is 3.90. The molecule has 0 aliphatic heterocycles. The Morgan fingerprint density at radius 1 is 1.47 bits per heavy atom. The number of unbranched alkanes of at least 4 members (excludes halogenated alkanes) is 1. The van der Waals surface area contributed by atoms with Crippen molar-refractivity contribution >= 4 is 23.3 Å². The van der Waals surface area contributed by atoms with Crippen LogP contribution in [0, 0.1) is 11.8 Å². The van der Waals surface area contributed by atoms with Crippen LogP contribution in [0.5, 0.6) is 0 Å². The van der Waals surface area contributed by atoms with E-state index in [0.29, 0.717) is 11.4 Å². The number of hydrogen-bond donors (Lipinski definition) is 1. The van der Waals surface area contributed by atoms with E-state index < -0.39 is 5.97 Å². The molecule has 0 saturated carbocycles. The Hall–Kier alpha value is -1.66. The summed E-state index contributed by atoms with van der Waals surface area (Å²) in [6.45, 7) is 0.763. The van der Waals surface area contributed by atoms with Gasteiger partial charge in [-0.3, -0.25) is 0 Å². The summed E-state index contributed by atoms with van der Waals surface area (Å²) in [6.07, 6.45) is 1.49. The third kappa shape index (κ3) is 5.28. The summed E-state index contributed by atoms with van der Waals surface area (Å²) in [5.74, 6) is 4.62. The van der Waals surface area contributed by atoms with Crippen LogP contribution >= 0.6 is 11.6 Å². The SMILES string of the molecule is COC(=O)C#CCCCNc1ccccc1Cl. The molecule has 0 radical (unpaired) electrons. The van der Waals surface area contributed by atoms with Crippen molar-refractivity contribution in [1.29, 1.82) is 0 Å². The summed E-state index contributed by atoms with van der Waals surface area (Å²) < 4.78 is 4.40. The second-order valence-corrected chi connectivity index (χ2v) is 3.71. The van der Waals surface area contributed by atoms with Gasteiger partial charge in [0.25, 0.3) is 0 Å². The van der Waals surface area contributed by atoms with Crippen LogP contribution in [0.4, 0.5) is 5.69 Å². The van der Waals surface area contributed by atoms with Crippen molar-refractivity contribution in [3.05, 3.63) is 29.3 Å². The van der Waals surface area contributed by atoms with Crippen molar-refractivity contribution in [1.82, 2.24) is 0 Å². The lowest BCUT2D eigenvalue weighted by Gasteiger charge is -2.06.